The van der Waals surface area contributed by atoms with E-state index in [0.717, 1.165) is 6.42 Å². The minimum absolute atomic E-state index is 1.06. The van der Waals surface area contributed by atoms with Crippen molar-refractivity contribution in [3.8, 4) is 11.8 Å². The molecule has 0 amide bonds. The van der Waals surface area contributed by atoms with E-state index in [1.54, 1.807) is 11.3 Å². The molecule has 0 saturated heterocycles. The van der Waals surface area contributed by atoms with Gasteiger partial charge in [0.2, 0.25) is 0 Å². The summed E-state index contributed by atoms with van der Waals surface area (Å²) in [5.41, 5.74) is 1.18. The third-order valence-corrected chi connectivity index (χ3v) is 3.84. The second kappa shape index (κ2) is 11.4. The predicted molar refractivity (Wildman–Crippen MR) is 83.0 cm³/mol. The normalized spacial score (nSPS) is 10.1. The SMILES string of the molecule is CCCCCCCCCCCC#Cc1ccsc1. The molecule has 0 nitrogen and oxygen atoms in total. The summed E-state index contributed by atoms with van der Waals surface area (Å²) in [6, 6.07) is 2.09. The van der Waals surface area contributed by atoms with Gasteiger partial charge < -0.3 is 0 Å². The molecule has 0 bridgehead atoms. The number of hydrogen-bond acceptors (Lipinski definition) is 1. The first-order valence-corrected chi connectivity index (χ1v) is 8.39. The predicted octanol–water partition coefficient (Wildman–Crippen LogP) is 6.02. The van der Waals surface area contributed by atoms with Crippen LogP contribution in [0.25, 0.3) is 0 Å². The average molecular weight is 262 g/mol. The summed E-state index contributed by atoms with van der Waals surface area (Å²) in [6.07, 6.45) is 13.6. The first-order valence-electron chi connectivity index (χ1n) is 7.44. The molecule has 1 heterocycles. The molecule has 0 fully saturated rings. The molecular formula is C17H26S. The molecule has 18 heavy (non-hydrogen) atoms. The zero-order valence-corrected chi connectivity index (χ0v) is 12.5. The van der Waals surface area contributed by atoms with Gasteiger partial charge in [0.1, 0.15) is 0 Å². The number of unbranched alkanes of at least 4 members (excludes halogenated alkanes) is 9. The van der Waals surface area contributed by atoms with Crippen LogP contribution in [-0.4, -0.2) is 0 Å². The van der Waals surface area contributed by atoms with E-state index in [9.17, 15) is 0 Å². The van der Waals surface area contributed by atoms with Crippen molar-refractivity contribution in [2.24, 2.45) is 0 Å². The van der Waals surface area contributed by atoms with Crippen molar-refractivity contribution in [1.29, 1.82) is 0 Å². The van der Waals surface area contributed by atoms with E-state index >= 15 is 0 Å². The molecule has 0 aliphatic rings. The van der Waals surface area contributed by atoms with Crippen LogP contribution in [0.5, 0.6) is 0 Å². The van der Waals surface area contributed by atoms with Crippen LogP contribution in [0.1, 0.15) is 76.7 Å². The van der Waals surface area contributed by atoms with Gasteiger partial charge in [-0.2, -0.15) is 11.3 Å². The second-order valence-corrected chi connectivity index (χ2v) is 5.67. The lowest BCUT2D eigenvalue weighted by Gasteiger charge is -2.00. The van der Waals surface area contributed by atoms with Gasteiger partial charge in [-0.05, 0) is 17.9 Å². The Morgan fingerprint density at radius 3 is 2.22 bits per heavy atom. The highest BCUT2D eigenvalue weighted by Gasteiger charge is 1.91. The van der Waals surface area contributed by atoms with E-state index in [4.69, 9.17) is 0 Å². The van der Waals surface area contributed by atoms with Crippen LogP contribution in [0.2, 0.25) is 0 Å². The summed E-state index contributed by atoms with van der Waals surface area (Å²) < 4.78 is 0. The van der Waals surface area contributed by atoms with Crippen LogP contribution in [0, 0.1) is 11.8 Å². The van der Waals surface area contributed by atoms with Crippen molar-refractivity contribution in [2.75, 3.05) is 0 Å². The minimum Gasteiger partial charge on any atom is -0.151 e. The molecule has 0 atom stereocenters. The van der Waals surface area contributed by atoms with E-state index in [-0.39, 0.29) is 0 Å². The van der Waals surface area contributed by atoms with Crippen molar-refractivity contribution in [2.45, 2.75) is 71.1 Å². The van der Waals surface area contributed by atoms with Gasteiger partial charge in [-0.1, -0.05) is 70.1 Å². The third-order valence-electron chi connectivity index (χ3n) is 3.16. The number of thiophene rings is 1. The van der Waals surface area contributed by atoms with Gasteiger partial charge in [0.05, 0.1) is 0 Å². The summed E-state index contributed by atoms with van der Waals surface area (Å²) in [5, 5.41) is 4.20. The smallest absolute Gasteiger partial charge is 0.0352 e. The fraction of sp³-hybridized carbons (Fsp3) is 0.647. The molecule has 0 saturated carbocycles. The molecule has 1 rings (SSSR count). The van der Waals surface area contributed by atoms with Gasteiger partial charge in [-0.3, -0.25) is 0 Å². The maximum Gasteiger partial charge on any atom is 0.0352 e. The second-order valence-electron chi connectivity index (χ2n) is 4.89. The largest absolute Gasteiger partial charge is 0.151 e. The fourth-order valence-corrected chi connectivity index (χ4v) is 2.61. The van der Waals surface area contributed by atoms with Crippen LogP contribution in [0.4, 0.5) is 0 Å². The molecule has 0 spiro atoms. The molecule has 1 heteroatoms. The lowest BCUT2D eigenvalue weighted by Crippen LogP contribution is -1.80. The fourth-order valence-electron chi connectivity index (χ4n) is 2.02. The van der Waals surface area contributed by atoms with Gasteiger partial charge in [0.25, 0.3) is 0 Å². The monoisotopic (exact) mass is 262 g/mol. The summed E-state index contributed by atoms with van der Waals surface area (Å²) in [5.74, 6) is 6.47. The Hall–Kier alpha value is -0.740. The van der Waals surface area contributed by atoms with Crippen LogP contribution >= 0.6 is 11.3 Å². The van der Waals surface area contributed by atoms with Gasteiger partial charge >= 0.3 is 0 Å². The highest BCUT2D eigenvalue weighted by Crippen LogP contribution is 2.10. The Bertz CT molecular complexity index is 326. The van der Waals surface area contributed by atoms with Gasteiger partial charge in [-0.15, -0.1) is 0 Å². The van der Waals surface area contributed by atoms with Crippen LogP contribution in [-0.2, 0) is 0 Å². The molecular weight excluding hydrogens is 236 g/mol. The Morgan fingerprint density at radius 2 is 1.61 bits per heavy atom. The molecule has 0 aliphatic carbocycles. The molecule has 0 radical (unpaired) electrons. The molecule has 1 aromatic heterocycles. The quantitative estimate of drug-likeness (QED) is 0.377. The van der Waals surface area contributed by atoms with Gasteiger partial charge in [0.15, 0.2) is 0 Å². The van der Waals surface area contributed by atoms with E-state index < -0.39 is 0 Å². The van der Waals surface area contributed by atoms with Crippen molar-refractivity contribution in [1.82, 2.24) is 0 Å². The van der Waals surface area contributed by atoms with Crippen molar-refractivity contribution in [3.05, 3.63) is 22.4 Å². The first-order chi connectivity index (χ1) is 8.93. The molecule has 100 valence electrons. The van der Waals surface area contributed by atoms with Crippen molar-refractivity contribution < 1.29 is 0 Å². The van der Waals surface area contributed by atoms with Crippen LogP contribution in [0.15, 0.2) is 16.8 Å². The average Bonchev–Trinajstić information content (AvgIpc) is 2.89. The highest BCUT2D eigenvalue weighted by molar-refractivity contribution is 7.08. The zero-order chi connectivity index (χ0) is 12.9. The molecule has 0 N–H and O–H groups in total. The highest BCUT2D eigenvalue weighted by atomic mass is 32.1. The lowest BCUT2D eigenvalue weighted by molar-refractivity contribution is 0.567. The van der Waals surface area contributed by atoms with E-state index in [1.807, 2.05) is 0 Å². The molecule has 0 aliphatic heterocycles. The van der Waals surface area contributed by atoms with Gasteiger partial charge in [0, 0.05) is 17.4 Å². The van der Waals surface area contributed by atoms with E-state index in [1.165, 1.54) is 63.4 Å². The Balaban J connectivity index is 1.84. The topological polar surface area (TPSA) is 0 Å². The lowest BCUT2D eigenvalue weighted by atomic mass is 10.1. The van der Waals surface area contributed by atoms with E-state index in [2.05, 4.69) is 35.6 Å². The summed E-state index contributed by atoms with van der Waals surface area (Å²) in [6.45, 7) is 2.27. The Labute approximate surface area is 117 Å². The molecule has 0 unspecified atom stereocenters. The van der Waals surface area contributed by atoms with Crippen LogP contribution in [0.3, 0.4) is 0 Å². The standard InChI is InChI=1S/C17H26S/c1-2-3-4-5-6-7-8-9-10-11-12-13-17-14-15-18-16-17/h14-16H,2-11H2,1H3. The maximum atomic E-state index is 3.26. The number of hydrogen-bond donors (Lipinski definition) is 0. The molecule has 1 aromatic rings. The summed E-state index contributed by atoms with van der Waals surface area (Å²) in [4.78, 5) is 0. The molecule has 0 aromatic carbocycles. The first kappa shape index (κ1) is 15.3. The Kier molecular flexibility index (Phi) is 9.66. The zero-order valence-electron chi connectivity index (χ0n) is 11.7. The summed E-state index contributed by atoms with van der Waals surface area (Å²) >= 11 is 1.72. The Morgan fingerprint density at radius 1 is 0.944 bits per heavy atom. The van der Waals surface area contributed by atoms with E-state index in [0.29, 0.717) is 0 Å². The summed E-state index contributed by atoms with van der Waals surface area (Å²) in [7, 11) is 0. The van der Waals surface area contributed by atoms with Gasteiger partial charge in [-0.25, -0.2) is 0 Å². The maximum absolute atomic E-state index is 3.26. The minimum atomic E-state index is 1.06. The third kappa shape index (κ3) is 8.37. The van der Waals surface area contributed by atoms with Crippen molar-refractivity contribution in [3.63, 3.8) is 0 Å². The number of rotatable bonds is 9. The van der Waals surface area contributed by atoms with Crippen LogP contribution < -0.4 is 0 Å². The van der Waals surface area contributed by atoms with Crippen molar-refractivity contribution >= 4 is 11.3 Å².